The van der Waals surface area contributed by atoms with Gasteiger partial charge in [0.2, 0.25) is 0 Å². The summed E-state index contributed by atoms with van der Waals surface area (Å²) in [6.45, 7) is 11.3. The van der Waals surface area contributed by atoms with Crippen LogP contribution in [0.15, 0.2) is 18.2 Å². The molecule has 0 spiro atoms. The lowest BCUT2D eigenvalue weighted by atomic mass is 10.1. The number of carbonyl (C=O) groups is 1. The minimum Gasteiger partial charge on any atom is -0.384 e. The van der Waals surface area contributed by atoms with Crippen molar-refractivity contribution in [2.75, 3.05) is 25.0 Å². The average molecular weight is 362 g/mol. The highest BCUT2D eigenvalue weighted by atomic mass is 35.5. The average Bonchev–Trinajstić information content (AvgIpc) is 2.89. The molecular weight excluding hydrogens is 333 g/mol. The van der Waals surface area contributed by atoms with E-state index in [4.69, 9.17) is 0 Å². The second-order valence-corrected chi connectivity index (χ2v) is 6.23. The third kappa shape index (κ3) is 5.87. The molecule has 4 nitrogen and oxygen atoms in total. The molecular formula is C17H29Cl2N3O. The highest BCUT2D eigenvalue weighted by Crippen LogP contribution is 2.22. The van der Waals surface area contributed by atoms with Crippen LogP contribution in [0, 0.1) is 0 Å². The van der Waals surface area contributed by atoms with Gasteiger partial charge in [-0.3, -0.25) is 9.69 Å². The molecule has 0 bridgehead atoms. The van der Waals surface area contributed by atoms with Crippen molar-refractivity contribution < 1.29 is 4.79 Å². The van der Waals surface area contributed by atoms with E-state index in [0.29, 0.717) is 18.6 Å². The minimum atomic E-state index is 0. The molecule has 0 saturated carbocycles. The van der Waals surface area contributed by atoms with Gasteiger partial charge in [0.05, 0.1) is 0 Å². The molecule has 0 aliphatic carbocycles. The standard InChI is InChI=1S/C17H27N3O.2ClH/c1-12(2)20(13(3)4)10-9-19-17(21)15-5-6-16-14(11-15)7-8-18-16;;/h5-6,11-13,18H,7-10H2,1-4H3,(H,19,21);2*1H. The molecule has 1 aromatic carbocycles. The zero-order chi connectivity index (χ0) is 15.4. The number of amides is 1. The van der Waals surface area contributed by atoms with Gasteiger partial charge in [0.15, 0.2) is 0 Å². The van der Waals surface area contributed by atoms with Crippen LogP contribution in [0.3, 0.4) is 0 Å². The molecule has 23 heavy (non-hydrogen) atoms. The first kappa shape index (κ1) is 22.0. The number of benzene rings is 1. The number of nitrogens with zero attached hydrogens (tertiary/aromatic N) is 1. The van der Waals surface area contributed by atoms with Gasteiger partial charge in [-0.1, -0.05) is 0 Å². The van der Waals surface area contributed by atoms with Crippen LogP contribution in [-0.4, -0.2) is 42.5 Å². The van der Waals surface area contributed by atoms with E-state index < -0.39 is 0 Å². The van der Waals surface area contributed by atoms with Crippen molar-refractivity contribution in [1.82, 2.24) is 10.2 Å². The summed E-state index contributed by atoms with van der Waals surface area (Å²) in [6, 6.07) is 6.90. The number of hydrogen-bond acceptors (Lipinski definition) is 3. The van der Waals surface area contributed by atoms with Crippen molar-refractivity contribution in [3.63, 3.8) is 0 Å². The van der Waals surface area contributed by atoms with Gasteiger partial charge in [-0.05, 0) is 57.9 Å². The molecule has 1 amide bonds. The van der Waals surface area contributed by atoms with Crippen LogP contribution in [0.5, 0.6) is 0 Å². The smallest absolute Gasteiger partial charge is 0.251 e. The summed E-state index contributed by atoms with van der Waals surface area (Å²) < 4.78 is 0. The Hall–Kier alpha value is -0.970. The molecule has 1 aliphatic rings. The molecule has 0 fully saturated rings. The van der Waals surface area contributed by atoms with E-state index in [1.165, 1.54) is 5.56 Å². The number of anilines is 1. The Morgan fingerprint density at radius 1 is 1.22 bits per heavy atom. The summed E-state index contributed by atoms with van der Waals surface area (Å²) in [6.07, 6.45) is 1.00. The Morgan fingerprint density at radius 2 is 1.87 bits per heavy atom. The Bertz CT molecular complexity index is 499. The second-order valence-electron chi connectivity index (χ2n) is 6.23. The van der Waals surface area contributed by atoms with E-state index in [-0.39, 0.29) is 30.7 Å². The largest absolute Gasteiger partial charge is 0.384 e. The molecule has 6 heteroatoms. The molecule has 0 saturated heterocycles. The topological polar surface area (TPSA) is 44.4 Å². The van der Waals surface area contributed by atoms with E-state index in [1.54, 1.807) is 0 Å². The number of nitrogens with one attached hydrogen (secondary N) is 2. The zero-order valence-corrected chi connectivity index (χ0v) is 16.0. The van der Waals surface area contributed by atoms with E-state index in [9.17, 15) is 4.79 Å². The lowest BCUT2D eigenvalue weighted by molar-refractivity contribution is 0.0939. The number of fused-ring (bicyclic) bond motifs is 1. The Labute approximate surface area is 152 Å². The van der Waals surface area contributed by atoms with Crippen LogP contribution in [0.2, 0.25) is 0 Å². The summed E-state index contributed by atoms with van der Waals surface area (Å²) in [5, 5.41) is 6.34. The van der Waals surface area contributed by atoms with Crippen LogP contribution in [-0.2, 0) is 6.42 Å². The van der Waals surface area contributed by atoms with Gasteiger partial charge in [0.25, 0.3) is 5.91 Å². The van der Waals surface area contributed by atoms with Gasteiger partial charge in [0.1, 0.15) is 0 Å². The molecule has 132 valence electrons. The Kier molecular flexibility index (Phi) is 9.59. The first-order chi connectivity index (χ1) is 9.99. The fraction of sp³-hybridized carbons (Fsp3) is 0.588. The van der Waals surface area contributed by atoms with Crippen molar-refractivity contribution in [2.24, 2.45) is 0 Å². The maximum Gasteiger partial charge on any atom is 0.251 e. The Morgan fingerprint density at radius 3 is 2.48 bits per heavy atom. The highest BCUT2D eigenvalue weighted by Gasteiger charge is 2.15. The molecule has 0 atom stereocenters. The first-order valence-corrected chi connectivity index (χ1v) is 7.89. The lowest BCUT2D eigenvalue weighted by Crippen LogP contribution is -2.42. The lowest BCUT2D eigenvalue weighted by Gasteiger charge is -2.30. The normalized spacial score (nSPS) is 12.5. The minimum absolute atomic E-state index is 0. The Balaban J connectivity index is 0.00000242. The summed E-state index contributed by atoms with van der Waals surface area (Å²) in [5.74, 6) is 0.0252. The van der Waals surface area contributed by atoms with Crippen molar-refractivity contribution in [2.45, 2.75) is 46.2 Å². The zero-order valence-electron chi connectivity index (χ0n) is 14.4. The highest BCUT2D eigenvalue weighted by molar-refractivity contribution is 5.95. The summed E-state index contributed by atoms with van der Waals surface area (Å²) in [5.41, 5.74) is 3.17. The van der Waals surface area contributed by atoms with Crippen LogP contribution < -0.4 is 10.6 Å². The van der Waals surface area contributed by atoms with Crippen molar-refractivity contribution >= 4 is 36.4 Å². The number of halogens is 2. The molecule has 0 aromatic heterocycles. The molecule has 1 aliphatic heterocycles. The maximum absolute atomic E-state index is 12.2. The quantitative estimate of drug-likeness (QED) is 0.816. The SMILES string of the molecule is CC(C)N(CCNC(=O)c1ccc2c(c1)CCN2)C(C)C.Cl.Cl. The predicted molar refractivity (Wildman–Crippen MR) is 102 cm³/mol. The second kappa shape index (κ2) is 10.0. The van der Waals surface area contributed by atoms with E-state index in [2.05, 4.69) is 43.2 Å². The fourth-order valence-electron chi connectivity index (χ4n) is 2.96. The fourth-order valence-corrected chi connectivity index (χ4v) is 2.96. The van der Waals surface area contributed by atoms with Crippen LogP contribution in [0.25, 0.3) is 0 Å². The molecule has 2 rings (SSSR count). The molecule has 0 unspecified atom stereocenters. The van der Waals surface area contributed by atoms with Gasteiger partial charge in [-0.2, -0.15) is 0 Å². The summed E-state index contributed by atoms with van der Waals surface area (Å²) in [7, 11) is 0. The van der Waals surface area contributed by atoms with Gasteiger partial charge in [-0.15, -0.1) is 24.8 Å². The van der Waals surface area contributed by atoms with E-state index in [0.717, 1.165) is 30.8 Å². The number of hydrogen-bond donors (Lipinski definition) is 2. The molecule has 0 radical (unpaired) electrons. The van der Waals surface area contributed by atoms with E-state index in [1.807, 2.05) is 18.2 Å². The van der Waals surface area contributed by atoms with Gasteiger partial charge < -0.3 is 10.6 Å². The van der Waals surface area contributed by atoms with Crippen molar-refractivity contribution in [3.05, 3.63) is 29.3 Å². The van der Waals surface area contributed by atoms with Crippen LogP contribution in [0.1, 0.15) is 43.6 Å². The van der Waals surface area contributed by atoms with Crippen molar-refractivity contribution in [1.29, 1.82) is 0 Å². The van der Waals surface area contributed by atoms with Gasteiger partial charge >= 0.3 is 0 Å². The van der Waals surface area contributed by atoms with Crippen LogP contribution >= 0.6 is 24.8 Å². The van der Waals surface area contributed by atoms with Gasteiger partial charge in [0, 0.05) is 43.0 Å². The summed E-state index contributed by atoms with van der Waals surface area (Å²) in [4.78, 5) is 14.6. The number of carbonyl (C=O) groups excluding carboxylic acids is 1. The molecule has 1 heterocycles. The molecule has 2 N–H and O–H groups in total. The molecule has 1 aromatic rings. The first-order valence-electron chi connectivity index (χ1n) is 7.89. The maximum atomic E-state index is 12.2. The van der Waals surface area contributed by atoms with E-state index >= 15 is 0 Å². The summed E-state index contributed by atoms with van der Waals surface area (Å²) >= 11 is 0. The van der Waals surface area contributed by atoms with Crippen LogP contribution in [0.4, 0.5) is 5.69 Å². The number of rotatable bonds is 6. The van der Waals surface area contributed by atoms with Gasteiger partial charge in [-0.25, -0.2) is 0 Å². The van der Waals surface area contributed by atoms with Crippen molar-refractivity contribution in [3.8, 4) is 0 Å². The third-order valence-electron chi connectivity index (χ3n) is 4.06. The predicted octanol–water partition coefficient (Wildman–Crippen LogP) is 3.35. The third-order valence-corrected chi connectivity index (χ3v) is 4.06. The monoisotopic (exact) mass is 361 g/mol.